The van der Waals surface area contributed by atoms with Gasteiger partial charge in [-0.15, -0.1) is 0 Å². The zero-order valence-corrected chi connectivity index (χ0v) is 13.7. The van der Waals surface area contributed by atoms with Crippen molar-refractivity contribution in [2.45, 2.75) is 4.90 Å². The van der Waals surface area contributed by atoms with Gasteiger partial charge < -0.3 is 0 Å². The fourth-order valence-corrected chi connectivity index (χ4v) is 4.45. The topological polar surface area (TPSA) is 56.1 Å². The van der Waals surface area contributed by atoms with Crippen LogP contribution in [0, 0.1) is 3.57 Å². The van der Waals surface area contributed by atoms with Crippen LogP contribution in [0.4, 0.5) is 0 Å². The summed E-state index contributed by atoms with van der Waals surface area (Å²) in [7, 11) is -3.64. The number of aldehydes is 1. The third kappa shape index (κ3) is 2.38. The number of aromatic nitrogens is 1. The largest absolute Gasteiger partial charge is 0.298 e. The number of carbonyl (C=O) groups is 1. The Morgan fingerprint density at radius 2 is 1.76 bits per heavy atom. The van der Waals surface area contributed by atoms with Crippen LogP contribution < -0.4 is 0 Å². The summed E-state index contributed by atoms with van der Waals surface area (Å²) >= 11 is 2.07. The van der Waals surface area contributed by atoms with Gasteiger partial charge in [0.2, 0.25) is 0 Å². The first-order chi connectivity index (χ1) is 10.0. The molecule has 1 heterocycles. The van der Waals surface area contributed by atoms with E-state index in [0.29, 0.717) is 11.1 Å². The van der Waals surface area contributed by atoms with Gasteiger partial charge in [-0.3, -0.25) is 4.79 Å². The molecule has 1 aromatic heterocycles. The second kappa shape index (κ2) is 5.27. The van der Waals surface area contributed by atoms with E-state index in [-0.39, 0.29) is 4.90 Å². The fourth-order valence-electron chi connectivity index (χ4n) is 2.16. The molecular weight excluding hydrogens is 401 g/mol. The maximum Gasteiger partial charge on any atom is 0.268 e. The van der Waals surface area contributed by atoms with Gasteiger partial charge in [0.15, 0.2) is 0 Å². The Balaban J connectivity index is 2.29. The van der Waals surface area contributed by atoms with E-state index in [9.17, 15) is 13.2 Å². The number of rotatable bonds is 3. The summed E-state index contributed by atoms with van der Waals surface area (Å²) in [4.78, 5) is 11.1. The zero-order chi connectivity index (χ0) is 15.0. The van der Waals surface area contributed by atoms with E-state index in [0.717, 1.165) is 15.2 Å². The Morgan fingerprint density at radius 1 is 1.05 bits per heavy atom. The van der Waals surface area contributed by atoms with Crippen LogP contribution in [-0.4, -0.2) is 18.7 Å². The zero-order valence-electron chi connectivity index (χ0n) is 10.7. The molecule has 0 aliphatic heterocycles. The number of benzene rings is 2. The maximum absolute atomic E-state index is 12.7. The minimum atomic E-state index is -3.64. The van der Waals surface area contributed by atoms with Gasteiger partial charge in [-0.1, -0.05) is 18.2 Å². The summed E-state index contributed by atoms with van der Waals surface area (Å²) in [6.45, 7) is 0. The SMILES string of the molecule is O=Cc1ccc2c(c1)c(I)cn2S(=O)(=O)c1ccccc1. The molecule has 0 aliphatic carbocycles. The molecule has 0 amide bonds. The highest BCUT2D eigenvalue weighted by Crippen LogP contribution is 2.27. The van der Waals surface area contributed by atoms with Crippen LogP contribution in [0.1, 0.15) is 10.4 Å². The normalized spacial score (nSPS) is 11.7. The standard InChI is InChI=1S/C15H10INO3S/c16-14-9-17(15-7-6-11(10-18)8-13(14)15)21(19,20)12-4-2-1-3-5-12/h1-10H. The molecule has 3 rings (SSSR count). The molecule has 0 spiro atoms. The van der Waals surface area contributed by atoms with E-state index in [4.69, 9.17) is 0 Å². The van der Waals surface area contributed by atoms with Crippen molar-refractivity contribution in [2.24, 2.45) is 0 Å². The average Bonchev–Trinajstić information content (AvgIpc) is 2.85. The first-order valence-corrected chi connectivity index (χ1v) is 8.62. The second-order valence-electron chi connectivity index (χ2n) is 4.49. The van der Waals surface area contributed by atoms with E-state index in [2.05, 4.69) is 22.6 Å². The predicted octanol–water partition coefficient (Wildman–Crippen LogP) is 3.30. The van der Waals surface area contributed by atoms with Crippen molar-refractivity contribution in [1.82, 2.24) is 3.97 Å². The lowest BCUT2D eigenvalue weighted by Gasteiger charge is -2.07. The molecule has 3 aromatic rings. The lowest BCUT2D eigenvalue weighted by Crippen LogP contribution is -2.11. The summed E-state index contributed by atoms with van der Waals surface area (Å²) in [5.41, 5.74) is 1.09. The Morgan fingerprint density at radius 3 is 2.43 bits per heavy atom. The molecule has 0 bridgehead atoms. The lowest BCUT2D eigenvalue weighted by molar-refractivity contribution is 0.112. The summed E-state index contributed by atoms with van der Waals surface area (Å²) in [5.74, 6) is 0. The molecule has 0 fully saturated rings. The number of nitrogens with zero attached hydrogens (tertiary/aromatic N) is 1. The average molecular weight is 411 g/mol. The van der Waals surface area contributed by atoms with Gasteiger partial charge in [-0.2, -0.15) is 0 Å². The first-order valence-electron chi connectivity index (χ1n) is 6.10. The molecule has 4 nitrogen and oxygen atoms in total. The highest BCUT2D eigenvalue weighted by atomic mass is 127. The molecule has 0 atom stereocenters. The molecule has 0 saturated carbocycles. The summed E-state index contributed by atoms with van der Waals surface area (Å²) < 4.78 is 27.5. The van der Waals surface area contributed by atoms with Crippen molar-refractivity contribution in [3.8, 4) is 0 Å². The van der Waals surface area contributed by atoms with Gasteiger partial charge in [-0.25, -0.2) is 12.4 Å². The molecule has 0 unspecified atom stereocenters. The van der Waals surface area contributed by atoms with Crippen molar-refractivity contribution in [3.63, 3.8) is 0 Å². The third-order valence-electron chi connectivity index (χ3n) is 3.18. The minimum Gasteiger partial charge on any atom is -0.298 e. The van der Waals surface area contributed by atoms with Crippen LogP contribution in [-0.2, 0) is 10.0 Å². The molecule has 0 N–H and O–H groups in total. The van der Waals surface area contributed by atoms with Crippen molar-refractivity contribution in [2.75, 3.05) is 0 Å². The smallest absolute Gasteiger partial charge is 0.268 e. The highest BCUT2D eigenvalue weighted by molar-refractivity contribution is 14.1. The van der Waals surface area contributed by atoms with Gasteiger partial charge >= 0.3 is 0 Å². The molecule has 6 heteroatoms. The summed E-state index contributed by atoms with van der Waals surface area (Å²) in [5, 5.41) is 0.750. The monoisotopic (exact) mass is 411 g/mol. The van der Waals surface area contributed by atoms with E-state index in [1.807, 2.05) is 0 Å². The van der Waals surface area contributed by atoms with E-state index in [1.54, 1.807) is 54.7 Å². The van der Waals surface area contributed by atoms with Crippen molar-refractivity contribution >= 4 is 49.8 Å². The summed E-state index contributed by atoms with van der Waals surface area (Å²) in [6, 6.07) is 13.2. The van der Waals surface area contributed by atoms with Gasteiger partial charge in [0, 0.05) is 20.7 Å². The van der Waals surface area contributed by atoms with E-state index >= 15 is 0 Å². The number of fused-ring (bicyclic) bond motifs is 1. The van der Waals surface area contributed by atoms with Crippen LogP contribution in [0.2, 0.25) is 0 Å². The van der Waals surface area contributed by atoms with Crippen LogP contribution in [0.25, 0.3) is 10.9 Å². The molecule has 0 saturated heterocycles. The maximum atomic E-state index is 12.7. The number of carbonyl (C=O) groups excluding carboxylic acids is 1. The number of halogens is 1. The molecular formula is C15H10INO3S. The molecule has 2 aromatic carbocycles. The Hall–Kier alpha value is -1.67. The Labute approximate surface area is 135 Å². The Kier molecular flexibility index (Phi) is 3.58. The number of hydrogen-bond acceptors (Lipinski definition) is 3. The molecule has 106 valence electrons. The second-order valence-corrected chi connectivity index (χ2v) is 7.46. The van der Waals surface area contributed by atoms with Gasteiger partial charge in [-0.05, 0) is 52.9 Å². The van der Waals surface area contributed by atoms with Crippen LogP contribution in [0.3, 0.4) is 0 Å². The van der Waals surface area contributed by atoms with Gasteiger partial charge in [0.25, 0.3) is 10.0 Å². The molecule has 0 radical (unpaired) electrons. The minimum absolute atomic E-state index is 0.234. The highest BCUT2D eigenvalue weighted by Gasteiger charge is 2.20. The lowest BCUT2D eigenvalue weighted by atomic mass is 10.2. The quantitative estimate of drug-likeness (QED) is 0.491. The van der Waals surface area contributed by atoms with Gasteiger partial charge in [0.05, 0.1) is 10.4 Å². The van der Waals surface area contributed by atoms with Gasteiger partial charge in [0.1, 0.15) is 6.29 Å². The van der Waals surface area contributed by atoms with E-state index in [1.165, 1.54) is 3.97 Å². The van der Waals surface area contributed by atoms with Crippen molar-refractivity contribution in [3.05, 3.63) is 63.9 Å². The summed E-state index contributed by atoms with van der Waals surface area (Å²) in [6.07, 6.45) is 2.32. The molecule has 0 aliphatic rings. The Bertz CT molecular complexity index is 930. The fraction of sp³-hybridized carbons (Fsp3) is 0. The molecule has 21 heavy (non-hydrogen) atoms. The predicted molar refractivity (Wildman–Crippen MR) is 89.1 cm³/mol. The first kappa shape index (κ1) is 14.3. The number of hydrogen-bond donors (Lipinski definition) is 0. The van der Waals surface area contributed by atoms with Crippen LogP contribution >= 0.6 is 22.6 Å². The third-order valence-corrected chi connectivity index (χ3v) is 5.73. The van der Waals surface area contributed by atoms with E-state index < -0.39 is 10.0 Å². The van der Waals surface area contributed by atoms with Crippen LogP contribution in [0.5, 0.6) is 0 Å². The van der Waals surface area contributed by atoms with Crippen molar-refractivity contribution < 1.29 is 13.2 Å². The van der Waals surface area contributed by atoms with Crippen molar-refractivity contribution in [1.29, 1.82) is 0 Å². The van der Waals surface area contributed by atoms with Crippen LogP contribution in [0.15, 0.2) is 59.6 Å².